The van der Waals surface area contributed by atoms with Crippen molar-refractivity contribution in [3.63, 3.8) is 0 Å². The van der Waals surface area contributed by atoms with E-state index in [-0.39, 0.29) is 0 Å². The summed E-state index contributed by atoms with van der Waals surface area (Å²) in [6, 6.07) is 0. The summed E-state index contributed by atoms with van der Waals surface area (Å²) in [5, 5.41) is 3.14. The zero-order valence-electron chi connectivity index (χ0n) is 8.22. The Labute approximate surface area is 74.6 Å². The van der Waals surface area contributed by atoms with Gasteiger partial charge in [-0.05, 0) is 20.8 Å². The summed E-state index contributed by atoms with van der Waals surface area (Å²) in [6.45, 7) is 8.83. The maximum absolute atomic E-state index is 5.53. The van der Waals surface area contributed by atoms with Crippen LogP contribution in [0, 0.1) is 0 Å². The molecule has 0 aliphatic rings. The quantitative estimate of drug-likeness (QED) is 0.545. The highest BCUT2D eigenvalue weighted by atomic mass is 15.2. The van der Waals surface area contributed by atoms with Crippen molar-refractivity contribution in [3.8, 4) is 0 Å². The first-order chi connectivity index (χ1) is 5.67. The van der Waals surface area contributed by atoms with Gasteiger partial charge in [0.1, 0.15) is 11.6 Å². The normalized spacial score (nSPS) is 9.25. The minimum absolute atomic E-state index is 0.362. The highest BCUT2D eigenvalue weighted by Gasteiger charge is 2.06. The molecule has 0 unspecified atom stereocenters. The van der Waals surface area contributed by atoms with Gasteiger partial charge in [-0.25, -0.2) is 0 Å². The second-order valence-electron chi connectivity index (χ2n) is 2.51. The van der Waals surface area contributed by atoms with E-state index >= 15 is 0 Å². The third-order valence-electron chi connectivity index (χ3n) is 1.70. The molecule has 72 valence electrons. The first-order valence-electron chi connectivity index (χ1n) is 4.41. The lowest BCUT2D eigenvalue weighted by molar-refractivity contribution is 0.348. The Bertz CT molecular complexity index is 145. The number of hydrogen-bond donors (Lipinski definition) is 3. The van der Waals surface area contributed by atoms with Gasteiger partial charge in [0.05, 0.1) is 0 Å². The van der Waals surface area contributed by atoms with Gasteiger partial charge in [-0.1, -0.05) is 0 Å². The SMILES string of the molecule is CCNC(=C(N)N)N(CC)CC. The van der Waals surface area contributed by atoms with Gasteiger partial charge in [0.2, 0.25) is 0 Å². The van der Waals surface area contributed by atoms with Crippen molar-refractivity contribution in [2.24, 2.45) is 11.5 Å². The number of nitrogens with one attached hydrogen (secondary N) is 1. The van der Waals surface area contributed by atoms with Gasteiger partial charge < -0.3 is 21.7 Å². The Kier molecular flexibility index (Phi) is 5.08. The Morgan fingerprint density at radius 1 is 1.17 bits per heavy atom. The summed E-state index contributed by atoms with van der Waals surface area (Å²) in [6.07, 6.45) is 0. The van der Waals surface area contributed by atoms with Gasteiger partial charge >= 0.3 is 0 Å². The van der Waals surface area contributed by atoms with E-state index in [4.69, 9.17) is 11.5 Å². The van der Waals surface area contributed by atoms with E-state index in [1.807, 2.05) is 6.92 Å². The van der Waals surface area contributed by atoms with Gasteiger partial charge in [0.15, 0.2) is 0 Å². The van der Waals surface area contributed by atoms with Crippen LogP contribution in [0.25, 0.3) is 0 Å². The maximum Gasteiger partial charge on any atom is 0.142 e. The van der Waals surface area contributed by atoms with Crippen LogP contribution >= 0.6 is 0 Å². The fourth-order valence-corrected chi connectivity index (χ4v) is 1.10. The Morgan fingerprint density at radius 2 is 1.67 bits per heavy atom. The van der Waals surface area contributed by atoms with Crippen LogP contribution in [0.1, 0.15) is 20.8 Å². The lowest BCUT2D eigenvalue weighted by Crippen LogP contribution is -2.36. The van der Waals surface area contributed by atoms with Gasteiger partial charge in [-0.3, -0.25) is 0 Å². The molecule has 0 saturated heterocycles. The molecule has 0 rings (SSSR count). The predicted molar refractivity (Wildman–Crippen MR) is 52.0 cm³/mol. The lowest BCUT2D eigenvalue weighted by Gasteiger charge is -2.25. The molecule has 0 fully saturated rings. The van der Waals surface area contributed by atoms with Crippen molar-refractivity contribution >= 4 is 0 Å². The summed E-state index contributed by atoms with van der Waals surface area (Å²) in [7, 11) is 0. The Balaban J connectivity index is 4.38. The number of nitrogens with two attached hydrogens (primary N) is 2. The molecular weight excluding hydrogens is 152 g/mol. The van der Waals surface area contributed by atoms with Crippen LogP contribution < -0.4 is 16.8 Å². The summed E-state index contributed by atoms with van der Waals surface area (Å²) in [5.41, 5.74) is 11.1. The number of rotatable bonds is 5. The van der Waals surface area contributed by atoms with Crippen molar-refractivity contribution in [1.82, 2.24) is 10.2 Å². The van der Waals surface area contributed by atoms with E-state index in [0.29, 0.717) is 5.82 Å². The summed E-state index contributed by atoms with van der Waals surface area (Å²) < 4.78 is 0. The third kappa shape index (κ3) is 2.90. The summed E-state index contributed by atoms with van der Waals surface area (Å²) in [5.74, 6) is 1.21. The van der Waals surface area contributed by atoms with Gasteiger partial charge in [0, 0.05) is 19.6 Å². The van der Waals surface area contributed by atoms with Gasteiger partial charge in [-0.15, -0.1) is 0 Å². The Hall–Kier alpha value is -1.06. The fourth-order valence-electron chi connectivity index (χ4n) is 1.10. The molecule has 4 heteroatoms. The molecule has 0 amide bonds. The van der Waals surface area contributed by atoms with Crippen LogP contribution in [0.15, 0.2) is 11.6 Å². The topological polar surface area (TPSA) is 67.3 Å². The van der Waals surface area contributed by atoms with Crippen LogP contribution in [0.2, 0.25) is 0 Å². The highest BCUT2D eigenvalue weighted by molar-refractivity contribution is 5.04. The molecule has 0 aliphatic carbocycles. The van der Waals surface area contributed by atoms with Crippen LogP contribution in [0.3, 0.4) is 0 Å². The first-order valence-corrected chi connectivity index (χ1v) is 4.41. The van der Waals surface area contributed by atoms with Crippen LogP contribution in [0.5, 0.6) is 0 Å². The van der Waals surface area contributed by atoms with Crippen LogP contribution in [0.4, 0.5) is 0 Å². The van der Waals surface area contributed by atoms with Crippen molar-refractivity contribution in [2.45, 2.75) is 20.8 Å². The van der Waals surface area contributed by atoms with Crippen LogP contribution in [-0.4, -0.2) is 24.5 Å². The molecule has 0 bridgehead atoms. The molecule has 0 saturated carbocycles. The maximum atomic E-state index is 5.53. The second kappa shape index (κ2) is 5.57. The van der Waals surface area contributed by atoms with Gasteiger partial charge in [0.25, 0.3) is 0 Å². The molecule has 0 spiro atoms. The molecule has 0 aromatic rings. The molecule has 12 heavy (non-hydrogen) atoms. The fraction of sp³-hybridized carbons (Fsp3) is 0.750. The van der Waals surface area contributed by atoms with E-state index in [0.717, 1.165) is 25.5 Å². The average molecular weight is 172 g/mol. The lowest BCUT2D eigenvalue weighted by atomic mass is 10.4. The molecule has 5 N–H and O–H groups in total. The molecule has 0 aromatic carbocycles. The van der Waals surface area contributed by atoms with Crippen LogP contribution in [-0.2, 0) is 0 Å². The highest BCUT2D eigenvalue weighted by Crippen LogP contribution is 1.99. The molecule has 0 heterocycles. The summed E-state index contributed by atoms with van der Waals surface area (Å²) >= 11 is 0. The van der Waals surface area contributed by atoms with E-state index in [1.54, 1.807) is 0 Å². The molecule has 0 radical (unpaired) electrons. The monoisotopic (exact) mass is 172 g/mol. The predicted octanol–water partition coefficient (Wildman–Crippen LogP) is -0.0183. The zero-order chi connectivity index (χ0) is 9.56. The Morgan fingerprint density at radius 3 is 1.92 bits per heavy atom. The molecule has 0 atom stereocenters. The third-order valence-corrected chi connectivity index (χ3v) is 1.70. The van der Waals surface area contributed by atoms with E-state index in [1.165, 1.54) is 0 Å². The van der Waals surface area contributed by atoms with Crippen molar-refractivity contribution in [1.29, 1.82) is 0 Å². The molecule has 4 nitrogen and oxygen atoms in total. The standard InChI is InChI=1S/C8H20N4/c1-4-11-8(7(9)10)12(5-2)6-3/h11H,4-6,9-10H2,1-3H3. The van der Waals surface area contributed by atoms with Crippen molar-refractivity contribution in [3.05, 3.63) is 11.6 Å². The first kappa shape index (κ1) is 10.9. The number of nitrogens with zero attached hydrogens (tertiary/aromatic N) is 1. The smallest absolute Gasteiger partial charge is 0.142 e. The minimum atomic E-state index is 0.362. The van der Waals surface area contributed by atoms with E-state index in [9.17, 15) is 0 Å². The van der Waals surface area contributed by atoms with Crippen molar-refractivity contribution < 1.29 is 0 Å². The largest absolute Gasteiger partial charge is 0.383 e. The molecular formula is C8H20N4. The molecule has 0 aliphatic heterocycles. The molecule has 0 aromatic heterocycles. The second-order valence-corrected chi connectivity index (χ2v) is 2.51. The van der Waals surface area contributed by atoms with E-state index in [2.05, 4.69) is 24.1 Å². The average Bonchev–Trinajstić information content (AvgIpc) is 2.05. The number of hydrogen-bond acceptors (Lipinski definition) is 4. The minimum Gasteiger partial charge on any atom is -0.383 e. The summed E-state index contributed by atoms with van der Waals surface area (Å²) in [4.78, 5) is 2.10. The zero-order valence-corrected chi connectivity index (χ0v) is 8.22. The van der Waals surface area contributed by atoms with Gasteiger partial charge in [-0.2, -0.15) is 0 Å². The van der Waals surface area contributed by atoms with Crippen molar-refractivity contribution in [2.75, 3.05) is 19.6 Å². The van der Waals surface area contributed by atoms with E-state index < -0.39 is 0 Å².